The maximum absolute atomic E-state index is 11.3. The van der Waals surface area contributed by atoms with Crippen molar-refractivity contribution in [1.29, 1.82) is 0 Å². The second-order valence-corrected chi connectivity index (χ2v) is 3.24. The highest BCUT2D eigenvalue weighted by molar-refractivity contribution is 5.93. The molecule has 2 rings (SSSR count). The van der Waals surface area contributed by atoms with Crippen molar-refractivity contribution in [3.8, 4) is 0 Å². The van der Waals surface area contributed by atoms with E-state index >= 15 is 0 Å². The molecule has 3 N–H and O–H groups in total. The minimum Gasteiger partial charge on any atom is -0.399 e. The van der Waals surface area contributed by atoms with Crippen LogP contribution in [0.15, 0.2) is 18.3 Å². The van der Waals surface area contributed by atoms with Crippen molar-refractivity contribution in [2.24, 2.45) is 5.92 Å². The Labute approximate surface area is 88.3 Å². The van der Waals surface area contributed by atoms with Gasteiger partial charge in [0.25, 0.3) is 0 Å². The van der Waals surface area contributed by atoms with Crippen LogP contribution in [0.3, 0.4) is 0 Å². The third-order valence-electron chi connectivity index (χ3n) is 1.98. The fourth-order valence-corrected chi connectivity index (χ4v) is 1.09. The molecule has 14 heavy (non-hydrogen) atoms. The van der Waals surface area contributed by atoms with Gasteiger partial charge in [-0.25, -0.2) is 4.98 Å². The molecule has 0 atom stereocenters. The van der Waals surface area contributed by atoms with Crippen molar-refractivity contribution in [2.45, 2.75) is 12.8 Å². The van der Waals surface area contributed by atoms with Gasteiger partial charge in [0.1, 0.15) is 5.82 Å². The lowest BCUT2D eigenvalue weighted by Crippen LogP contribution is -2.14. The first-order valence-electron chi connectivity index (χ1n) is 4.28. The molecule has 1 heterocycles. The van der Waals surface area contributed by atoms with Crippen LogP contribution in [0.2, 0.25) is 0 Å². The van der Waals surface area contributed by atoms with Crippen molar-refractivity contribution >= 4 is 29.8 Å². The monoisotopic (exact) mass is 213 g/mol. The lowest BCUT2D eigenvalue weighted by molar-refractivity contribution is -0.117. The van der Waals surface area contributed by atoms with Gasteiger partial charge in [0.05, 0.1) is 0 Å². The number of nitrogens with one attached hydrogen (secondary N) is 1. The number of anilines is 2. The SMILES string of the molecule is Cl.Nc1ccnc(NC(=O)C2CC2)c1. The highest BCUT2D eigenvalue weighted by atomic mass is 35.5. The van der Waals surface area contributed by atoms with Crippen LogP contribution < -0.4 is 11.1 Å². The molecule has 1 fully saturated rings. The molecule has 1 amide bonds. The molecule has 0 spiro atoms. The minimum absolute atomic E-state index is 0. The van der Waals surface area contributed by atoms with Crippen molar-refractivity contribution < 1.29 is 4.79 Å². The summed E-state index contributed by atoms with van der Waals surface area (Å²) in [6, 6.07) is 3.34. The summed E-state index contributed by atoms with van der Waals surface area (Å²) in [5, 5.41) is 2.71. The lowest BCUT2D eigenvalue weighted by atomic mass is 10.3. The first-order chi connectivity index (χ1) is 6.25. The number of aromatic nitrogens is 1. The Morgan fingerprint density at radius 2 is 2.29 bits per heavy atom. The first-order valence-corrected chi connectivity index (χ1v) is 4.28. The number of carbonyl (C=O) groups is 1. The molecule has 0 radical (unpaired) electrons. The summed E-state index contributed by atoms with van der Waals surface area (Å²) in [4.78, 5) is 15.3. The molecular weight excluding hydrogens is 202 g/mol. The van der Waals surface area contributed by atoms with Crippen LogP contribution in [0.5, 0.6) is 0 Å². The van der Waals surface area contributed by atoms with Gasteiger partial charge in [0, 0.05) is 23.9 Å². The highest BCUT2D eigenvalue weighted by Crippen LogP contribution is 2.29. The standard InChI is InChI=1S/C9H11N3O.ClH/c10-7-3-4-11-8(5-7)12-9(13)6-1-2-6;/h3-6H,1-2H2,(H3,10,11,12,13);1H. The predicted molar refractivity (Wildman–Crippen MR) is 57.3 cm³/mol. The Bertz CT molecular complexity index is 339. The molecule has 76 valence electrons. The Kier molecular flexibility index (Phi) is 3.30. The van der Waals surface area contributed by atoms with E-state index in [2.05, 4.69) is 10.3 Å². The molecule has 0 aromatic carbocycles. The number of pyridine rings is 1. The zero-order valence-corrected chi connectivity index (χ0v) is 8.38. The van der Waals surface area contributed by atoms with Crippen LogP contribution in [-0.2, 0) is 4.79 Å². The van der Waals surface area contributed by atoms with E-state index in [1.165, 1.54) is 0 Å². The van der Waals surface area contributed by atoms with Crippen LogP contribution >= 0.6 is 12.4 Å². The normalized spacial score (nSPS) is 14.3. The smallest absolute Gasteiger partial charge is 0.228 e. The lowest BCUT2D eigenvalue weighted by Gasteiger charge is -2.02. The summed E-state index contributed by atoms with van der Waals surface area (Å²) in [6.07, 6.45) is 3.57. The third-order valence-corrected chi connectivity index (χ3v) is 1.98. The fourth-order valence-electron chi connectivity index (χ4n) is 1.09. The van der Waals surface area contributed by atoms with Crippen molar-refractivity contribution in [3.05, 3.63) is 18.3 Å². The molecule has 4 nitrogen and oxygen atoms in total. The molecule has 0 aliphatic heterocycles. The van der Waals surface area contributed by atoms with Crippen LogP contribution in [0, 0.1) is 5.92 Å². The summed E-state index contributed by atoms with van der Waals surface area (Å²) >= 11 is 0. The van der Waals surface area contributed by atoms with Gasteiger partial charge in [-0.2, -0.15) is 0 Å². The van der Waals surface area contributed by atoms with E-state index in [-0.39, 0.29) is 24.2 Å². The van der Waals surface area contributed by atoms with Crippen LogP contribution in [0.25, 0.3) is 0 Å². The number of halogens is 1. The van der Waals surface area contributed by atoms with Crippen LogP contribution in [0.1, 0.15) is 12.8 Å². The molecule has 1 aromatic rings. The zero-order chi connectivity index (χ0) is 9.26. The topological polar surface area (TPSA) is 68.0 Å². The van der Waals surface area contributed by atoms with Crippen molar-refractivity contribution in [2.75, 3.05) is 11.1 Å². The number of nitrogens with two attached hydrogens (primary N) is 1. The second-order valence-electron chi connectivity index (χ2n) is 3.24. The molecule has 1 saturated carbocycles. The zero-order valence-electron chi connectivity index (χ0n) is 7.56. The van der Waals surface area contributed by atoms with E-state index in [9.17, 15) is 4.79 Å². The first kappa shape index (κ1) is 10.8. The number of nitrogen functional groups attached to an aromatic ring is 1. The van der Waals surface area contributed by atoms with Gasteiger partial charge in [-0.15, -0.1) is 12.4 Å². The van der Waals surface area contributed by atoms with Crippen molar-refractivity contribution in [1.82, 2.24) is 4.98 Å². The Morgan fingerprint density at radius 3 is 2.86 bits per heavy atom. The van der Waals surface area contributed by atoms with E-state index in [0.717, 1.165) is 12.8 Å². The van der Waals surface area contributed by atoms with E-state index < -0.39 is 0 Å². The molecule has 1 aliphatic carbocycles. The number of nitrogens with zero attached hydrogens (tertiary/aromatic N) is 1. The van der Waals surface area contributed by atoms with Gasteiger partial charge in [-0.05, 0) is 18.9 Å². The molecule has 0 unspecified atom stereocenters. The number of carbonyl (C=O) groups excluding carboxylic acids is 1. The summed E-state index contributed by atoms with van der Waals surface area (Å²) < 4.78 is 0. The van der Waals surface area contributed by atoms with E-state index in [4.69, 9.17) is 5.73 Å². The van der Waals surface area contributed by atoms with Gasteiger partial charge in [0.2, 0.25) is 5.91 Å². The molecule has 0 bridgehead atoms. The molecule has 1 aromatic heterocycles. The maximum atomic E-state index is 11.3. The fraction of sp³-hybridized carbons (Fsp3) is 0.333. The summed E-state index contributed by atoms with van der Waals surface area (Å²) in [7, 11) is 0. The molecule has 5 heteroatoms. The number of amides is 1. The van der Waals surface area contributed by atoms with Gasteiger partial charge in [-0.1, -0.05) is 0 Å². The number of hydrogen-bond acceptors (Lipinski definition) is 3. The van der Waals surface area contributed by atoms with Crippen molar-refractivity contribution in [3.63, 3.8) is 0 Å². The molecular formula is C9H12ClN3O. The maximum Gasteiger partial charge on any atom is 0.228 e. The number of rotatable bonds is 2. The summed E-state index contributed by atoms with van der Waals surface area (Å²) in [5.41, 5.74) is 6.15. The minimum atomic E-state index is 0. The second kappa shape index (κ2) is 4.28. The Morgan fingerprint density at radius 1 is 1.57 bits per heavy atom. The van der Waals surface area contributed by atoms with Gasteiger partial charge >= 0.3 is 0 Å². The summed E-state index contributed by atoms with van der Waals surface area (Å²) in [5.74, 6) is 0.790. The summed E-state index contributed by atoms with van der Waals surface area (Å²) in [6.45, 7) is 0. The van der Waals surface area contributed by atoms with Crippen LogP contribution in [0.4, 0.5) is 11.5 Å². The van der Waals surface area contributed by atoms with E-state index in [0.29, 0.717) is 11.5 Å². The number of hydrogen-bond donors (Lipinski definition) is 2. The average molecular weight is 214 g/mol. The molecule has 0 saturated heterocycles. The van der Waals surface area contributed by atoms with Crippen LogP contribution in [-0.4, -0.2) is 10.9 Å². The predicted octanol–water partition coefficient (Wildman–Crippen LogP) is 1.43. The van der Waals surface area contributed by atoms with E-state index in [1.807, 2.05) is 0 Å². The van der Waals surface area contributed by atoms with Gasteiger partial charge < -0.3 is 11.1 Å². The van der Waals surface area contributed by atoms with Gasteiger partial charge in [-0.3, -0.25) is 4.79 Å². The highest BCUT2D eigenvalue weighted by Gasteiger charge is 2.29. The van der Waals surface area contributed by atoms with E-state index in [1.54, 1.807) is 18.3 Å². The quantitative estimate of drug-likeness (QED) is 0.781. The van der Waals surface area contributed by atoms with Gasteiger partial charge in [0.15, 0.2) is 0 Å². The Balaban J connectivity index is 0.000000980. The molecule has 1 aliphatic rings. The largest absolute Gasteiger partial charge is 0.399 e. The third kappa shape index (κ3) is 2.60. The Hall–Kier alpha value is -1.29. The average Bonchev–Trinajstić information content (AvgIpc) is 2.85.